The largest absolute Gasteiger partial charge is 0.497 e. The summed E-state index contributed by atoms with van der Waals surface area (Å²) >= 11 is 0. The van der Waals surface area contributed by atoms with Gasteiger partial charge in [-0.15, -0.1) is 0 Å². The van der Waals surface area contributed by atoms with Crippen LogP contribution in [0, 0.1) is 40.3 Å². The smallest absolute Gasteiger partial charge is 0.269 e. The Morgan fingerprint density at radius 2 is 1.30 bits per heavy atom. The Morgan fingerprint density at radius 3 is 1.61 bits per heavy atom. The molecule has 0 spiro atoms. The Hall–Kier alpha value is -3.74. The number of benzene rings is 2. The van der Waals surface area contributed by atoms with Gasteiger partial charge in [-0.2, -0.15) is 13.8 Å². The number of hydroxylamine groups is 2. The van der Waals surface area contributed by atoms with Gasteiger partial charge in [0.1, 0.15) is 5.75 Å². The zero-order valence-corrected chi connectivity index (χ0v) is 18.0. The van der Waals surface area contributed by atoms with Gasteiger partial charge >= 0.3 is 0 Å². The van der Waals surface area contributed by atoms with Gasteiger partial charge in [-0.25, -0.2) is 8.78 Å². The van der Waals surface area contributed by atoms with E-state index in [2.05, 4.69) is 9.57 Å². The van der Waals surface area contributed by atoms with Crippen LogP contribution in [0.5, 0.6) is 11.5 Å². The second-order valence-electron chi connectivity index (χ2n) is 6.13. The first-order chi connectivity index (χ1) is 15.5. The van der Waals surface area contributed by atoms with Crippen LogP contribution in [0.2, 0.25) is 0 Å². The summed E-state index contributed by atoms with van der Waals surface area (Å²) in [4.78, 5) is 35.4. The minimum atomic E-state index is -1.51. The first-order valence-corrected chi connectivity index (χ1v) is 9.04. The second-order valence-corrected chi connectivity index (χ2v) is 6.13. The molecular weight excluding hydrogens is 456 g/mol. The van der Waals surface area contributed by atoms with Crippen molar-refractivity contribution in [2.24, 2.45) is 0 Å². The lowest BCUT2D eigenvalue weighted by atomic mass is 10.2. The van der Waals surface area contributed by atoms with Crippen molar-refractivity contribution in [3.63, 3.8) is 0 Å². The lowest BCUT2D eigenvalue weighted by Crippen LogP contribution is -2.27. The van der Waals surface area contributed by atoms with E-state index >= 15 is 0 Å². The maximum atomic E-state index is 12.8. The van der Waals surface area contributed by atoms with E-state index in [-0.39, 0.29) is 30.3 Å². The number of non-ortho nitro benzene ring substituents is 1. The van der Waals surface area contributed by atoms with E-state index in [1.807, 2.05) is 0 Å². The summed E-state index contributed by atoms with van der Waals surface area (Å²) in [5, 5.41) is 11.0. The third-order valence-corrected chi connectivity index (χ3v) is 4.12. The molecule has 0 aliphatic carbocycles. The van der Waals surface area contributed by atoms with Crippen molar-refractivity contribution in [3.8, 4) is 11.5 Å². The molecule has 0 radical (unpaired) electrons. The maximum Gasteiger partial charge on any atom is 0.269 e. The summed E-state index contributed by atoms with van der Waals surface area (Å²) in [5.41, 5.74) is -0.624. The van der Waals surface area contributed by atoms with Crippen LogP contribution >= 0.6 is 0 Å². The average Bonchev–Trinajstić information content (AvgIpc) is 3.14. The number of hydrogen-bond acceptors (Lipinski definition) is 7. The lowest BCUT2D eigenvalue weighted by Gasteiger charge is -2.07. The number of nitro benzene ring substituents is 1. The normalized spacial score (nSPS) is 12.4. The minimum Gasteiger partial charge on any atom is -0.497 e. The van der Waals surface area contributed by atoms with Gasteiger partial charge in [0.15, 0.2) is 17.4 Å². The van der Waals surface area contributed by atoms with Crippen LogP contribution in [-0.2, 0) is 14.4 Å². The van der Waals surface area contributed by atoms with E-state index < -0.39 is 39.5 Å². The fraction of sp³-hybridized carbons (Fsp3) is 0.300. The number of imide groups is 1. The number of hydrogen-bond donors (Lipinski definition) is 0. The van der Waals surface area contributed by atoms with Crippen LogP contribution in [0.25, 0.3) is 0 Å². The van der Waals surface area contributed by atoms with Crippen molar-refractivity contribution in [2.75, 3.05) is 21.3 Å². The minimum absolute atomic E-state index is 0.0748. The molecule has 2 aromatic rings. The molecule has 0 N–H and O–H groups in total. The van der Waals surface area contributed by atoms with Crippen LogP contribution in [0.1, 0.15) is 18.4 Å². The topological polar surface area (TPSA) is 108 Å². The first kappa shape index (κ1) is 27.3. The number of rotatable bonds is 4. The quantitative estimate of drug-likeness (QED) is 0.217. The highest BCUT2D eigenvalue weighted by atomic mass is 19.2. The van der Waals surface area contributed by atoms with Crippen LogP contribution in [0.3, 0.4) is 0 Å². The number of carbonyl (C=O) groups excluding carboxylic acids is 2. The molecule has 2 aromatic carbocycles. The van der Waals surface area contributed by atoms with Crippen LogP contribution in [0.15, 0.2) is 24.3 Å². The summed E-state index contributed by atoms with van der Waals surface area (Å²) in [5.74, 6) is -6.81. The monoisotopic (exact) mass is 476 g/mol. The lowest BCUT2D eigenvalue weighted by molar-refractivity contribution is -0.384. The zero-order valence-electron chi connectivity index (χ0n) is 18.0. The first-order valence-electron chi connectivity index (χ1n) is 9.04. The molecule has 1 saturated heterocycles. The van der Waals surface area contributed by atoms with Gasteiger partial charge in [0, 0.05) is 30.5 Å². The Balaban J connectivity index is 0.000000252. The highest BCUT2D eigenvalue weighted by Gasteiger charge is 2.28. The van der Waals surface area contributed by atoms with Crippen molar-refractivity contribution < 1.29 is 46.4 Å². The predicted octanol–water partition coefficient (Wildman–Crippen LogP) is 3.86. The van der Waals surface area contributed by atoms with E-state index in [1.165, 1.54) is 26.4 Å². The van der Waals surface area contributed by atoms with Crippen molar-refractivity contribution in [3.05, 3.63) is 63.2 Å². The summed E-state index contributed by atoms with van der Waals surface area (Å²) < 4.78 is 60.1. The molecular formula is C20H20F4N2O7. The molecule has 9 nitrogen and oxygen atoms in total. The number of methoxy groups -OCH3 is 2. The van der Waals surface area contributed by atoms with E-state index in [9.17, 15) is 37.3 Å². The zero-order chi connectivity index (χ0) is 25.3. The van der Waals surface area contributed by atoms with Crippen LogP contribution in [-0.4, -0.2) is 43.1 Å². The Kier molecular flexibility index (Phi) is 10.2. The Morgan fingerprint density at radius 1 is 0.848 bits per heavy atom. The van der Waals surface area contributed by atoms with Crippen molar-refractivity contribution in [1.82, 2.24) is 5.06 Å². The molecule has 3 rings (SSSR count). The van der Waals surface area contributed by atoms with E-state index in [4.69, 9.17) is 4.74 Å². The summed E-state index contributed by atoms with van der Waals surface area (Å²) in [6.07, 6.45) is 0.569. The number of halogens is 4. The number of ether oxygens (including phenoxy) is 2. The fourth-order valence-electron chi connectivity index (χ4n) is 2.36. The standard InChI is InChI=1S/C8H6F4O.C7H7NO3.C5H7NO3/c1-3-4(9)6(11)8(13-2)7(12)5(3)10;1-11-7-4-2-6(3-5-7)8(9)10;1-9-6-4(7)2-3-5(6)8/h1-2H3;2-5H,1H3;2-3H2,1H3. The van der Waals surface area contributed by atoms with Gasteiger partial charge in [0.05, 0.1) is 26.3 Å². The summed E-state index contributed by atoms with van der Waals surface area (Å²) in [7, 11) is 3.75. The average molecular weight is 476 g/mol. The molecule has 0 atom stereocenters. The van der Waals surface area contributed by atoms with E-state index in [1.54, 1.807) is 12.1 Å². The van der Waals surface area contributed by atoms with Gasteiger partial charge in [-0.3, -0.25) is 24.5 Å². The molecule has 33 heavy (non-hydrogen) atoms. The highest BCUT2D eigenvalue weighted by molar-refractivity contribution is 6.00. The molecule has 13 heteroatoms. The van der Waals surface area contributed by atoms with Crippen LogP contribution < -0.4 is 9.47 Å². The Labute approximate surface area is 185 Å². The van der Waals surface area contributed by atoms with Crippen molar-refractivity contribution >= 4 is 17.5 Å². The van der Waals surface area contributed by atoms with Crippen LogP contribution in [0.4, 0.5) is 23.2 Å². The third kappa shape index (κ3) is 6.87. The predicted molar refractivity (Wildman–Crippen MR) is 105 cm³/mol. The summed E-state index contributed by atoms with van der Waals surface area (Å²) in [6.45, 7) is 0.941. The second kappa shape index (κ2) is 12.3. The molecule has 1 heterocycles. The van der Waals surface area contributed by atoms with Gasteiger partial charge < -0.3 is 9.47 Å². The van der Waals surface area contributed by atoms with Gasteiger partial charge in [-0.05, 0) is 19.1 Å². The van der Waals surface area contributed by atoms with E-state index in [0.29, 0.717) is 5.75 Å². The molecule has 0 unspecified atom stereocenters. The molecule has 0 aromatic heterocycles. The van der Waals surface area contributed by atoms with Gasteiger partial charge in [0.2, 0.25) is 11.6 Å². The number of amides is 2. The molecule has 1 aliphatic heterocycles. The van der Waals surface area contributed by atoms with Crippen molar-refractivity contribution in [1.29, 1.82) is 0 Å². The molecule has 1 fully saturated rings. The number of nitrogens with zero attached hydrogens (tertiary/aromatic N) is 2. The third-order valence-electron chi connectivity index (χ3n) is 4.12. The fourth-order valence-corrected chi connectivity index (χ4v) is 2.36. The van der Waals surface area contributed by atoms with Gasteiger partial charge in [-0.1, -0.05) is 0 Å². The molecule has 1 aliphatic rings. The number of nitro groups is 1. The SMILES string of the molecule is CON1C(=O)CCC1=O.COc1c(F)c(F)c(C)c(F)c1F.COc1ccc([N+](=O)[O-])cc1. The van der Waals surface area contributed by atoms with Gasteiger partial charge in [0.25, 0.3) is 17.5 Å². The summed E-state index contributed by atoms with van der Waals surface area (Å²) in [6, 6.07) is 5.91. The molecule has 180 valence electrons. The molecule has 0 bridgehead atoms. The van der Waals surface area contributed by atoms with E-state index in [0.717, 1.165) is 19.1 Å². The molecule has 2 amide bonds. The maximum absolute atomic E-state index is 12.8. The van der Waals surface area contributed by atoms with Crippen molar-refractivity contribution in [2.45, 2.75) is 19.8 Å². The number of carbonyl (C=O) groups is 2. The Bertz CT molecular complexity index is 971. The highest BCUT2D eigenvalue weighted by Crippen LogP contribution is 2.28. The molecule has 0 saturated carbocycles.